The van der Waals surface area contributed by atoms with Gasteiger partial charge in [0, 0.05) is 32.4 Å². The zero-order chi connectivity index (χ0) is 16.9. The van der Waals surface area contributed by atoms with Gasteiger partial charge >= 0.3 is 6.09 Å². The Morgan fingerprint density at radius 3 is 2.67 bits per heavy atom. The lowest BCUT2D eigenvalue weighted by Crippen LogP contribution is -2.49. The average molecular weight is 348 g/mol. The van der Waals surface area contributed by atoms with Crippen LogP contribution in [0.25, 0.3) is 0 Å². The van der Waals surface area contributed by atoms with Crippen molar-refractivity contribution in [3.63, 3.8) is 0 Å². The maximum absolute atomic E-state index is 11.5. The van der Waals surface area contributed by atoms with Crippen LogP contribution in [-0.4, -0.2) is 54.2 Å². The van der Waals surface area contributed by atoms with E-state index in [1.54, 1.807) is 17.2 Å². The molecule has 1 aromatic heterocycles. The Hall–Kier alpha value is -2.54. The van der Waals surface area contributed by atoms with Crippen molar-refractivity contribution in [1.29, 1.82) is 0 Å². The van der Waals surface area contributed by atoms with Gasteiger partial charge in [0.2, 0.25) is 5.95 Å². The van der Waals surface area contributed by atoms with E-state index in [4.69, 9.17) is 16.3 Å². The number of carbonyl (C=O) groups excluding carboxylic acids is 1. The molecule has 126 valence electrons. The highest BCUT2D eigenvalue weighted by atomic mass is 35.5. The molecule has 0 unspecified atom stereocenters. The lowest BCUT2D eigenvalue weighted by Gasteiger charge is -2.33. The fraction of sp³-hybridized carbons (Fsp3) is 0.312. The smallest absolute Gasteiger partial charge is 0.409 e. The summed E-state index contributed by atoms with van der Waals surface area (Å²) >= 11 is 6.16. The molecule has 1 saturated heterocycles. The standard InChI is InChI=1S/C16H18ClN5O2/c1-24-16(23)22-10-8-21(9-11-22)15-18-7-6-14(20-15)19-13-5-3-2-4-12(13)17/h2-7H,8-11H2,1H3,(H,18,19,20). The molecule has 0 atom stereocenters. The van der Waals surface area contributed by atoms with Crippen LogP contribution in [0.3, 0.4) is 0 Å². The minimum atomic E-state index is -0.301. The average Bonchev–Trinajstić information content (AvgIpc) is 2.63. The topological polar surface area (TPSA) is 70.6 Å². The first-order valence-corrected chi connectivity index (χ1v) is 7.97. The van der Waals surface area contributed by atoms with Gasteiger partial charge in [-0.15, -0.1) is 0 Å². The van der Waals surface area contributed by atoms with Crippen LogP contribution < -0.4 is 10.2 Å². The van der Waals surface area contributed by atoms with E-state index >= 15 is 0 Å². The molecule has 0 spiro atoms. The summed E-state index contributed by atoms with van der Waals surface area (Å²) in [6.07, 6.45) is 1.40. The third-order valence-electron chi connectivity index (χ3n) is 3.77. The third-order valence-corrected chi connectivity index (χ3v) is 4.10. The Morgan fingerprint density at radius 1 is 1.21 bits per heavy atom. The largest absolute Gasteiger partial charge is 0.453 e. The van der Waals surface area contributed by atoms with E-state index in [1.807, 2.05) is 29.2 Å². The molecule has 1 fully saturated rings. The quantitative estimate of drug-likeness (QED) is 0.920. The fourth-order valence-corrected chi connectivity index (χ4v) is 2.67. The number of para-hydroxylation sites is 1. The summed E-state index contributed by atoms with van der Waals surface area (Å²) < 4.78 is 4.74. The minimum Gasteiger partial charge on any atom is -0.453 e. The summed E-state index contributed by atoms with van der Waals surface area (Å²) in [5, 5.41) is 3.82. The van der Waals surface area contributed by atoms with Gasteiger partial charge in [-0.25, -0.2) is 9.78 Å². The van der Waals surface area contributed by atoms with Crippen molar-refractivity contribution in [2.45, 2.75) is 0 Å². The Bertz CT molecular complexity index is 719. The molecule has 0 bridgehead atoms. The lowest BCUT2D eigenvalue weighted by atomic mass is 10.3. The number of aromatic nitrogens is 2. The van der Waals surface area contributed by atoms with Crippen LogP contribution in [0.2, 0.25) is 5.02 Å². The molecule has 7 nitrogen and oxygen atoms in total. The molecule has 1 aromatic carbocycles. The van der Waals surface area contributed by atoms with Crippen molar-refractivity contribution in [2.75, 3.05) is 43.5 Å². The molecule has 1 aliphatic rings. The second kappa shape index (κ2) is 7.35. The van der Waals surface area contributed by atoms with Crippen LogP contribution in [0.15, 0.2) is 36.5 Å². The maximum Gasteiger partial charge on any atom is 0.409 e. The third kappa shape index (κ3) is 3.68. The molecular formula is C16H18ClN5O2. The van der Waals surface area contributed by atoms with E-state index < -0.39 is 0 Å². The number of hydrogen-bond donors (Lipinski definition) is 1. The monoisotopic (exact) mass is 347 g/mol. The highest BCUT2D eigenvalue weighted by Crippen LogP contribution is 2.24. The molecule has 24 heavy (non-hydrogen) atoms. The number of carbonyl (C=O) groups is 1. The highest BCUT2D eigenvalue weighted by Gasteiger charge is 2.23. The number of hydrogen-bond acceptors (Lipinski definition) is 6. The van der Waals surface area contributed by atoms with E-state index in [1.165, 1.54) is 7.11 Å². The lowest BCUT2D eigenvalue weighted by molar-refractivity contribution is 0.121. The molecule has 0 radical (unpaired) electrons. The van der Waals surface area contributed by atoms with Crippen molar-refractivity contribution in [1.82, 2.24) is 14.9 Å². The molecule has 1 N–H and O–H groups in total. The molecule has 8 heteroatoms. The number of halogens is 1. The second-order valence-electron chi connectivity index (χ2n) is 5.29. The van der Waals surface area contributed by atoms with Gasteiger partial charge in [-0.3, -0.25) is 0 Å². The highest BCUT2D eigenvalue weighted by molar-refractivity contribution is 6.33. The van der Waals surface area contributed by atoms with Gasteiger partial charge in [0.15, 0.2) is 0 Å². The summed E-state index contributed by atoms with van der Waals surface area (Å²) in [6.45, 7) is 2.48. The Balaban J connectivity index is 1.68. The molecule has 2 aromatic rings. The number of anilines is 3. The summed E-state index contributed by atoms with van der Waals surface area (Å²) in [4.78, 5) is 24.1. The van der Waals surface area contributed by atoms with Crippen LogP contribution in [0, 0.1) is 0 Å². The zero-order valence-electron chi connectivity index (χ0n) is 13.3. The van der Waals surface area contributed by atoms with Crippen LogP contribution in [0.5, 0.6) is 0 Å². The Kier molecular flexibility index (Phi) is 5.00. The number of piperazine rings is 1. The SMILES string of the molecule is COC(=O)N1CCN(c2nccc(Nc3ccccc3Cl)n2)CC1. The normalized spacial score (nSPS) is 14.4. The van der Waals surface area contributed by atoms with Crippen LogP contribution in [0.1, 0.15) is 0 Å². The number of amides is 1. The number of methoxy groups -OCH3 is 1. The van der Waals surface area contributed by atoms with E-state index in [2.05, 4.69) is 15.3 Å². The second-order valence-corrected chi connectivity index (χ2v) is 5.70. The summed E-state index contributed by atoms with van der Waals surface area (Å²) in [6, 6.07) is 9.27. The van der Waals surface area contributed by atoms with Crippen LogP contribution >= 0.6 is 11.6 Å². The summed E-state index contributed by atoms with van der Waals surface area (Å²) in [5.74, 6) is 1.29. The minimum absolute atomic E-state index is 0.301. The van der Waals surface area contributed by atoms with Crippen molar-refractivity contribution in [3.05, 3.63) is 41.6 Å². The molecule has 2 heterocycles. The fourth-order valence-electron chi connectivity index (χ4n) is 2.49. The first-order chi connectivity index (χ1) is 11.7. The molecule has 1 aliphatic heterocycles. The van der Waals surface area contributed by atoms with Crippen molar-refractivity contribution in [2.24, 2.45) is 0 Å². The summed E-state index contributed by atoms with van der Waals surface area (Å²) in [7, 11) is 1.39. The van der Waals surface area contributed by atoms with Crippen LogP contribution in [-0.2, 0) is 4.74 Å². The predicted molar refractivity (Wildman–Crippen MR) is 93.0 cm³/mol. The van der Waals surface area contributed by atoms with Crippen molar-refractivity contribution in [3.8, 4) is 0 Å². The van der Waals surface area contributed by atoms with Gasteiger partial charge in [-0.1, -0.05) is 23.7 Å². The Morgan fingerprint density at radius 2 is 1.96 bits per heavy atom. The molecular weight excluding hydrogens is 330 g/mol. The van der Waals surface area contributed by atoms with E-state index in [9.17, 15) is 4.79 Å². The maximum atomic E-state index is 11.5. The van der Waals surface area contributed by atoms with Gasteiger partial charge in [0.1, 0.15) is 5.82 Å². The van der Waals surface area contributed by atoms with Crippen molar-refractivity contribution >= 4 is 35.1 Å². The Labute approximate surface area is 145 Å². The number of ether oxygens (including phenoxy) is 1. The van der Waals surface area contributed by atoms with E-state index in [0.717, 1.165) is 5.69 Å². The van der Waals surface area contributed by atoms with Gasteiger partial charge in [-0.05, 0) is 18.2 Å². The number of nitrogens with one attached hydrogen (secondary N) is 1. The molecule has 3 rings (SSSR count). The summed E-state index contributed by atoms with van der Waals surface area (Å²) in [5.41, 5.74) is 0.791. The first kappa shape index (κ1) is 16.3. The van der Waals surface area contributed by atoms with Gasteiger partial charge in [-0.2, -0.15) is 4.98 Å². The van der Waals surface area contributed by atoms with Crippen LogP contribution in [0.4, 0.5) is 22.2 Å². The van der Waals surface area contributed by atoms with Gasteiger partial charge in [0.25, 0.3) is 0 Å². The van der Waals surface area contributed by atoms with Crippen molar-refractivity contribution < 1.29 is 9.53 Å². The van der Waals surface area contributed by atoms with Gasteiger partial charge in [0.05, 0.1) is 17.8 Å². The number of benzene rings is 1. The zero-order valence-corrected chi connectivity index (χ0v) is 14.0. The van der Waals surface area contributed by atoms with E-state index in [-0.39, 0.29) is 6.09 Å². The number of nitrogens with zero attached hydrogens (tertiary/aromatic N) is 4. The molecule has 1 amide bonds. The number of rotatable bonds is 3. The van der Waals surface area contributed by atoms with Gasteiger partial charge < -0.3 is 19.9 Å². The molecule has 0 aliphatic carbocycles. The van der Waals surface area contributed by atoms with E-state index in [0.29, 0.717) is 43.0 Å². The first-order valence-electron chi connectivity index (χ1n) is 7.60. The molecule has 0 saturated carbocycles. The predicted octanol–water partition coefficient (Wildman–Crippen LogP) is 2.76.